The van der Waals surface area contributed by atoms with Gasteiger partial charge in [0.25, 0.3) is 0 Å². The number of rotatable bonds is 5. The van der Waals surface area contributed by atoms with Gasteiger partial charge in [0.1, 0.15) is 11.6 Å². The minimum atomic E-state index is -0.647. The minimum absolute atomic E-state index is 0.143. The maximum atomic E-state index is 14.5. The van der Waals surface area contributed by atoms with E-state index in [1.165, 1.54) is 18.2 Å². The fraction of sp³-hybridized carbons (Fsp3) is 0.321. The summed E-state index contributed by atoms with van der Waals surface area (Å²) < 4.78 is 30.8. The molecule has 2 aliphatic carbocycles. The summed E-state index contributed by atoms with van der Waals surface area (Å²) in [5, 5.41) is 22.1. The first-order chi connectivity index (χ1) is 17.4. The van der Waals surface area contributed by atoms with Crippen LogP contribution in [0.25, 0.3) is 22.5 Å². The number of benzene rings is 1. The van der Waals surface area contributed by atoms with Gasteiger partial charge in [-0.3, -0.25) is 9.67 Å². The van der Waals surface area contributed by atoms with Crippen LogP contribution in [-0.4, -0.2) is 25.0 Å². The number of aromatic nitrogens is 5. The molecule has 4 aromatic rings. The van der Waals surface area contributed by atoms with Crippen molar-refractivity contribution in [2.75, 3.05) is 0 Å². The number of pyridine rings is 1. The zero-order valence-electron chi connectivity index (χ0n) is 20.0. The van der Waals surface area contributed by atoms with Gasteiger partial charge in [0, 0.05) is 11.8 Å². The SMILES string of the molecule is CC1(C)[C@H]2CC[C@]1(c1cccc(-c3cnn(CCC#N)c3)n1)c1nnc(-c3c(F)cccc3F)cc12. The predicted molar refractivity (Wildman–Crippen MR) is 130 cm³/mol. The van der Waals surface area contributed by atoms with E-state index in [0.717, 1.165) is 41.1 Å². The van der Waals surface area contributed by atoms with E-state index >= 15 is 0 Å². The van der Waals surface area contributed by atoms with Crippen LogP contribution < -0.4 is 0 Å². The van der Waals surface area contributed by atoms with Crippen LogP contribution in [-0.2, 0) is 12.0 Å². The van der Waals surface area contributed by atoms with Gasteiger partial charge in [0.2, 0.25) is 0 Å². The lowest BCUT2D eigenvalue weighted by atomic mass is 9.66. The standard InChI is InChI=1S/C28H24F2N6/c1-27(2)19-10-11-28(27,24-9-4-8-22(33-24)17-15-32-36(16-17)13-5-12-31)26-18(19)14-23(34-35-26)25-20(29)6-3-7-21(25)30/h3-4,6-9,14-16,19H,5,10-11,13H2,1-2H3/t19-,28-/m0/s1. The molecule has 1 saturated carbocycles. The second-order valence-corrected chi connectivity index (χ2v) is 10.2. The first-order valence-corrected chi connectivity index (χ1v) is 12.1. The number of nitrogens with zero attached hydrogens (tertiary/aromatic N) is 6. The maximum absolute atomic E-state index is 14.5. The van der Waals surface area contributed by atoms with Crippen molar-refractivity contribution >= 4 is 0 Å². The second-order valence-electron chi connectivity index (χ2n) is 10.2. The second kappa shape index (κ2) is 8.02. The molecule has 36 heavy (non-hydrogen) atoms. The van der Waals surface area contributed by atoms with Crippen LogP contribution >= 0.6 is 0 Å². The number of fused-ring (bicyclic) bond motifs is 5. The summed E-state index contributed by atoms with van der Waals surface area (Å²) >= 11 is 0. The van der Waals surface area contributed by atoms with Crippen LogP contribution in [0.5, 0.6) is 0 Å². The molecule has 0 N–H and O–H groups in total. The fourth-order valence-electron chi connectivity index (χ4n) is 6.37. The van der Waals surface area contributed by atoms with Crippen molar-refractivity contribution in [2.45, 2.75) is 51.0 Å². The molecule has 3 aromatic heterocycles. The summed E-state index contributed by atoms with van der Waals surface area (Å²) in [7, 11) is 0. The van der Waals surface area contributed by atoms with Crippen molar-refractivity contribution in [3.05, 3.63) is 83.4 Å². The highest BCUT2D eigenvalue weighted by atomic mass is 19.1. The summed E-state index contributed by atoms with van der Waals surface area (Å²) in [6.07, 6.45) is 5.87. The zero-order chi connectivity index (χ0) is 25.1. The molecule has 3 heterocycles. The Hall–Kier alpha value is -3.99. The van der Waals surface area contributed by atoms with Crippen molar-refractivity contribution in [1.29, 1.82) is 5.26 Å². The average Bonchev–Trinajstić information content (AvgIpc) is 3.50. The van der Waals surface area contributed by atoms with E-state index in [0.29, 0.717) is 13.0 Å². The first kappa shape index (κ1) is 22.5. The number of hydrogen-bond donors (Lipinski definition) is 0. The van der Waals surface area contributed by atoms with Crippen molar-refractivity contribution in [2.24, 2.45) is 5.41 Å². The highest BCUT2D eigenvalue weighted by molar-refractivity contribution is 5.65. The predicted octanol–water partition coefficient (Wildman–Crippen LogP) is 5.80. The number of hydrogen-bond acceptors (Lipinski definition) is 5. The number of aryl methyl sites for hydroxylation is 1. The molecule has 0 saturated heterocycles. The third-order valence-electron chi connectivity index (χ3n) is 8.17. The molecule has 0 spiro atoms. The monoisotopic (exact) mass is 482 g/mol. The Labute approximate surface area is 207 Å². The Bertz CT molecular complexity index is 1520. The molecule has 0 aliphatic heterocycles. The van der Waals surface area contributed by atoms with Crippen molar-refractivity contribution in [3.63, 3.8) is 0 Å². The van der Waals surface area contributed by atoms with E-state index in [-0.39, 0.29) is 22.6 Å². The summed E-state index contributed by atoms with van der Waals surface area (Å²) in [4.78, 5) is 5.09. The van der Waals surface area contributed by atoms with Crippen molar-refractivity contribution < 1.29 is 8.78 Å². The van der Waals surface area contributed by atoms with Gasteiger partial charge in [-0.05, 0) is 60.1 Å². The van der Waals surface area contributed by atoms with E-state index < -0.39 is 17.0 Å². The van der Waals surface area contributed by atoms with Crippen molar-refractivity contribution in [3.8, 4) is 28.6 Å². The van der Waals surface area contributed by atoms with Gasteiger partial charge in [-0.1, -0.05) is 26.0 Å². The maximum Gasteiger partial charge on any atom is 0.135 e. The van der Waals surface area contributed by atoms with Crippen LogP contribution in [0, 0.1) is 28.4 Å². The Balaban J connectivity index is 1.45. The van der Waals surface area contributed by atoms with Gasteiger partial charge >= 0.3 is 0 Å². The Kier molecular flexibility index (Phi) is 5.01. The van der Waals surface area contributed by atoms with Gasteiger partial charge in [0.15, 0.2) is 0 Å². The van der Waals surface area contributed by atoms with Gasteiger partial charge in [0.05, 0.1) is 59.0 Å². The van der Waals surface area contributed by atoms with E-state index in [1.54, 1.807) is 10.9 Å². The smallest absolute Gasteiger partial charge is 0.135 e. The van der Waals surface area contributed by atoms with Gasteiger partial charge in [-0.15, -0.1) is 5.10 Å². The topological polar surface area (TPSA) is 80.3 Å². The fourth-order valence-corrected chi connectivity index (χ4v) is 6.37. The first-order valence-electron chi connectivity index (χ1n) is 12.1. The van der Waals surface area contributed by atoms with E-state index in [9.17, 15) is 8.78 Å². The van der Waals surface area contributed by atoms with Crippen LogP contribution in [0.4, 0.5) is 8.78 Å². The Morgan fingerprint density at radius 3 is 2.64 bits per heavy atom. The van der Waals surface area contributed by atoms with E-state index in [1.807, 2.05) is 30.5 Å². The quantitative estimate of drug-likeness (QED) is 0.359. The molecule has 2 aliphatic rings. The number of halogens is 2. The van der Waals surface area contributed by atoms with Crippen LogP contribution in [0.3, 0.4) is 0 Å². The third kappa shape index (κ3) is 3.05. The summed E-state index contributed by atoms with van der Waals surface area (Å²) in [6, 6.07) is 13.8. The molecule has 2 bridgehead atoms. The van der Waals surface area contributed by atoms with Crippen LogP contribution in [0.1, 0.15) is 56.0 Å². The highest BCUT2D eigenvalue weighted by Crippen LogP contribution is 2.69. The van der Waals surface area contributed by atoms with Crippen LogP contribution in [0.15, 0.2) is 54.9 Å². The van der Waals surface area contributed by atoms with Gasteiger partial charge < -0.3 is 0 Å². The normalized spacial score (nSPS) is 21.4. The lowest BCUT2D eigenvalue weighted by Gasteiger charge is -2.37. The molecule has 1 fully saturated rings. The molecule has 6 rings (SSSR count). The van der Waals surface area contributed by atoms with Crippen LogP contribution in [0.2, 0.25) is 0 Å². The zero-order valence-corrected chi connectivity index (χ0v) is 20.0. The van der Waals surface area contributed by atoms with E-state index in [4.69, 9.17) is 10.2 Å². The molecule has 0 radical (unpaired) electrons. The largest absolute Gasteiger partial charge is 0.271 e. The number of nitriles is 1. The summed E-state index contributed by atoms with van der Waals surface area (Å²) in [5.74, 6) is -1.12. The lowest BCUT2D eigenvalue weighted by Crippen LogP contribution is -2.37. The molecule has 0 unspecified atom stereocenters. The van der Waals surface area contributed by atoms with Gasteiger partial charge in [-0.25, -0.2) is 8.78 Å². The molecule has 6 nitrogen and oxygen atoms in total. The molecule has 1 aromatic carbocycles. The lowest BCUT2D eigenvalue weighted by molar-refractivity contribution is 0.243. The molecular formula is C28H24F2N6. The molecular weight excluding hydrogens is 458 g/mol. The molecule has 180 valence electrons. The third-order valence-corrected chi connectivity index (χ3v) is 8.17. The minimum Gasteiger partial charge on any atom is -0.271 e. The average molecular weight is 483 g/mol. The van der Waals surface area contributed by atoms with Crippen molar-refractivity contribution in [1.82, 2.24) is 25.0 Å². The van der Waals surface area contributed by atoms with E-state index in [2.05, 4.69) is 35.2 Å². The Morgan fingerprint density at radius 2 is 1.86 bits per heavy atom. The molecule has 8 heteroatoms. The molecule has 2 atom stereocenters. The highest BCUT2D eigenvalue weighted by Gasteiger charge is 2.65. The summed E-state index contributed by atoms with van der Waals surface area (Å²) in [6.45, 7) is 4.98. The van der Waals surface area contributed by atoms with Gasteiger partial charge in [-0.2, -0.15) is 15.5 Å². The Morgan fingerprint density at radius 1 is 1.08 bits per heavy atom. The molecule has 0 amide bonds. The summed E-state index contributed by atoms with van der Waals surface area (Å²) in [5.41, 5.74) is 3.84.